The van der Waals surface area contributed by atoms with Gasteiger partial charge in [0.1, 0.15) is 0 Å². The van der Waals surface area contributed by atoms with E-state index in [1.165, 1.54) is 14.7 Å². The molecule has 8 nitrogen and oxygen atoms in total. The van der Waals surface area contributed by atoms with Crippen molar-refractivity contribution in [2.24, 2.45) is 0 Å². The van der Waals surface area contributed by atoms with Crippen LogP contribution in [0.4, 0.5) is 20.0 Å². The fourth-order valence-electron chi connectivity index (χ4n) is 8.28. The molecule has 0 radical (unpaired) electrons. The van der Waals surface area contributed by atoms with Gasteiger partial charge in [-0.3, -0.25) is 0 Å². The zero-order valence-electron chi connectivity index (χ0n) is 36.0. The molecule has 0 unspecified atom stereocenters. The van der Waals surface area contributed by atoms with Crippen molar-refractivity contribution in [2.45, 2.75) is 20.8 Å². The molecule has 330 valence electrons. The molecule has 4 aliphatic heterocycles. The van der Waals surface area contributed by atoms with Gasteiger partial charge in [-0.05, 0) is 79.6 Å². The molecule has 0 N–H and O–H groups in total. The quantitative estimate of drug-likeness (QED) is 0.232. The predicted molar refractivity (Wildman–Crippen MR) is 261 cm³/mol. The molecule has 0 amide bonds. The third-order valence-electron chi connectivity index (χ3n) is 11.3. The van der Waals surface area contributed by atoms with Crippen LogP contribution in [-0.4, -0.2) is 147 Å². The SMILES string of the molecule is CC1=CC(/C=C/c2ccc(N3CCSCCOCCOCCSCC3)cc2)=[N+]2C1=C(c1ccc(N3CCSCCOCCOCCSCC3)cc1)c1c(C)cc(C)n1[B-]2(F)F. The van der Waals surface area contributed by atoms with Crippen molar-refractivity contribution in [1.29, 1.82) is 0 Å². The van der Waals surface area contributed by atoms with Crippen LogP contribution in [0, 0.1) is 13.8 Å². The summed E-state index contributed by atoms with van der Waals surface area (Å²) in [5, 5.41) is 0. The minimum atomic E-state index is -4.17. The molecule has 3 aromatic rings. The Hall–Kier alpha value is -2.63. The van der Waals surface area contributed by atoms with Gasteiger partial charge in [-0.25, -0.2) is 0 Å². The maximum atomic E-state index is 17.1. The van der Waals surface area contributed by atoms with E-state index >= 15 is 8.63 Å². The van der Waals surface area contributed by atoms with Crippen LogP contribution in [0.25, 0.3) is 11.6 Å². The topological polar surface area (TPSA) is 51.3 Å². The normalized spacial score (nSPS) is 21.3. The van der Waals surface area contributed by atoms with Crippen LogP contribution >= 0.6 is 47.0 Å². The van der Waals surface area contributed by atoms with Gasteiger partial charge < -0.3 is 46.3 Å². The number of allylic oxidation sites excluding steroid dienone is 3. The van der Waals surface area contributed by atoms with E-state index in [1.807, 2.05) is 85.2 Å². The summed E-state index contributed by atoms with van der Waals surface area (Å²) in [6.07, 6.45) is 5.74. The number of anilines is 2. The molecule has 2 aromatic carbocycles. The van der Waals surface area contributed by atoms with Crippen LogP contribution in [0.15, 0.2) is 78.0 Å². The summed E-state index contributed by atoms with van der Waals surface area (Å²) < 4.78 is 59.7. The van der Waals surface area contributed by atoms with E-state index in [1.54, 1.807) is 6.92 Å². The highest BCUT2D eigenvalue weighted by molar-refractivity contribution is 8.00. The van der Waals surface area contributed by atoms with Crippen LogP contribution in [0.3, 0.4) is 0 Å². The van der Waals surface area contributed by atoms with Crippen molar-refractivity contribution in [3.63, 3.8) is 0 Å². The molecule has 1 aromatic heterocycles. The van der Waals surface area contributed by atoms with Crippen LogP contribution in [-0.2, 0) is 18.9 Å². The first-order chi connectivity index (χ1) is 29.8. The van der Waals surface area contributed by atoms with Crippen molar-refractivity contribution < 1.29 is 32.1 Å². The second-order valence-corrected chi connectivity index (χ2v) is 20.4. The van der Waals surface area contributed by atoms with Gasteiger partial charge >= 0.3 is 6.97 Å². The maximum absolute atomic E-state index is 17.1. The third kappa shape index (κ3) is 12.1. The van der Waals surface area contributed by atoms with E-state index in [9.17, 15) is 0 Å². The van der Waals surface area contributed by atoms with Crippen LogP contribution < -0.4 is 9.80 Å². The van der Waals surface area contributed by atoms with Gasteiger partial charge in [0.05, 0.1) is 58.4 Å². The lowest BCUT2D eigenvalue weighted by Gasteiger charge is -2.34. The Labute approximate surface area is 379 Å². The minimum absolute atomic E-state index is 0.493. The summed E-state index contributed by atoms with van der Waals surface area (Å²) in [5.74, 6) is 7.91. The Balaban J connectivity index is 1.13. The summed E-state index contributed by atoms with van der Waals surface area (Å²) in [5.41, 5.74) is 8.98. The number of rotatable bonds is 5. The number of thioether (sulfide) groups is 4. The molecule has 0 atom stereocenters. The molecular formula is C46H61BF2N4O4S4. The Bertz CT molecular complexity index is 1990. The van der Waals surface area contributed by atoms with Crippen molar-refractivity contribution >= 4 is 82.8 Å². The highest BCUT2D eigenvalue weighted by Gasteiger charge is 2.55. The predicted octanol–water partition coefficient (Wildman–Crippen LogP) is 8.87. The number of fused-ring (bicyclic) bond motifs is 2. The van der Waals surface area contributed by atoms with Crippen LogP contribution in [0.1, 0.15) is 35.0 Å². The summed E-state index contributed by atoms with van der Waals surface area (Å²) in [6.45, 7) is 10.9. The van der Waals surface area contributed by atoms with E-state index in [0.717, 1.165) is 132 Å². The van der Waals surface area contributed by atoms with Crippen molar-refractivity contribution in [1.82, 2.24) is 4.48 Å². The number of ether oxygens (including phenoxy) is 4. The molecule has 0 spiro atoms. The van der Waals surface area contributed by atoms with Gasteiger partial charge in [0.2, 0.25) is 0 Å². The van der Waals surface area contributed by atoms with Gasteiger partial charge in [-0.15, -0.1) is 0 Å². The zero-order chi connectivity index (χ0) is 42.4. The monoisotopic (exact) mass is 910 g/mol. The number of hydrogen-bond donors (Lipinski definition) is 0. The number of aromatic nitrogens is 1. The van der Waals surface area contributed by atoms with Gasteiger partial charge in [0.25, 0.3) is 0 Å². The summed E-state index contributed by atoms with van der Waals surface area (Å²) in [6, 6.07) is 19.0. The third-order valence-corrected chi connectivity index (χ3v) is 15.0. The second-order valence-electron chi connectivity index (χ2n) is 15.5. The first kappa shape index (κ1) is 46.4. The molecule has 0 saturated carbocycles. The lowest BCUT2D eigenvalue weighted by molar-refractivity contribution is -0.362. The van der Waals surface area contributed by atoms with E-state index < -0.39 is 6.97 Å². The lowest BCUT2D eigenvalue weighted by Crippen LogP contribution is -2.51. The number of nitrogens with zero attached hydrogens (tertiary/aromatic N) is 4. The minimum Gasteiger partial charge on any atom is -0.393 e. The standard InChI is InChI=1S/C46H61BF2N4O4S4/c1-36-34-38(3)52-45(36)44(40-7-12-42(13-8-40)51-16-28-60-32-24-56-20-21-57-25-33-61-29-17-51)46-37(2)35-43(53(46)47(52,48)49)11-6-39-4-9-41(10-5-39)50-14-26-58-30-22-54-18-19-55-23-31-59-27-15-50/h4-13,34-35H,14-33H2,1-3H3/b11-6+. The van der Waals surface area contributed by atoms with Gasteiger partial charge in [-0.2, -0.15) is 47.0 Å². The largest absolute Gasteiger partial charge is 0.737 e. The highest BCUT2D eigenvalue weighted by atomic mass is 32.2. The molecule has 0 aliphatic carbocycles. The first-order valence-electron chi connectivity index (χ1n) is 21.6. The Kier molecular flexibility index (Phi) is 17.7. The molecule has 15 heteroatoms. The highest BCUT2D eigenvalue weighted by Crippen LogP contribution is 2.44. The summed E-state index contributed by atoms with van der Waals surface area (Å²) in [4.78, 5) is 4.89. The lowest BCUT2D eigenvalue weighted by atomic mass is 9.83. The number of hydrogen-bond acceptors (Lipinski definition) is 10. The zero-order valence-corrected chi connectivity index (χ0v) is 39.2. The van der Waals surface area contributed by atoms with Crippen LogP contribution in [0.5, 0.6) is 0 Å². The Morgan fingerprint density at radius 1 is 0.590 bits per heavy atom. The average Bonchev–Trinajstić information content (AvgIpc) is 3.75. The fourth-order valence-corrected chi connectivity index (χ4v) is 11.4. The smallest absolute Gasteiger partial charge is 0.393 e. The second kappa shape index (κ2) is 23.3. The number of benzene rings is 2. The molecule has 2 fully saturated rings. The van der Waals surface area contributed by atoms with Gasteiger partial charge in [0, 0.05) is 107 Å². The Morgan fingerprint density at radius 2 is 1.05 bits per heavy atom. The molecule has 5 heterocycles. The summed E-state index contributed by atoms with van der Waals surface area (Å²) in [7, 11) is 0. The van der Waals surface area contributed by atoms with E-state index in [4.69, 9.17) is 18.9 Å². The fraction of sp³-hybridized carbons (Fsp3) is 0.500. The first-order valence-corrected chi connectivity index (χ1v) is 26.3. The Morgan fingerprint density at radius 3 is 1.52 bits per heavy atom. The van der Waals surface area contributed by atoms with Crippen molar-refractivity contribution in [3.05, 3.63) is 106 Å². The van der Waals surface area contributed by atoms with Crippen LogP contribution in [0.2, 0.25) is 0 Å². The summed E-state index contributed by atoms with van der Waals surface area (Å²) >= 11 is 7.64. The molecule has 61 heavy (non-hydrogen) atoms. The van der Waals surface area contributed by atoms with Crippen molar-refractivity contribution in [3.8, 4) is 0 Å². The van der Waals surface area contributed by atoms with Gasteiger partial charge in [-0.1, -0.05) is 24.3 Å². The van der Waals surface area contributed by atoms with E-state index in [-0.39, 0.29) is 0 Å². The molecular weight excluding hydrogens is 850 g/mol. The number of aryl methyl sites for hydroxylation is 2. The van der Waals surface area contributed by atoms with Gasteiger partial charge in [0.15, 0.2) is 11.4 Å². The molecule has 2 saturated heterocycles. The maximum Gasteiger partial charge on any atom is 0.737 e. The molecule has 7 rings (SSSR count). The van der Waals surface area contributed by atoms with E-state index in [2.05, 4.69) is 58.3 Å². The van der Waals surface area contributed by atoms with E-state index in [0.29, 0.717) is 49.2 Å². The van der Waals surface area contributed by atoms with Crippen molar-refractivity contribution in [2.75, 3.05) is 135 Å². The molecule has 4 aliphatic rings. The number of halogens is 2. The average molecular weight is 911 g/mol. The molecule has 0 bridgehead atoms.